The summed E-state index contributed by atoms with van der Waals surface area (Å²) >= 11 is 1.33. The zero-order chi connectivity index (χ0) is 23.8. The van der Waals surface area contributed by atoms with E-state index in [1.165, 1.54) is 18.7 Å². The second kappa shape index (κ2) is 8.94. The van der Waals surface area contributed by atoms with Gasteiger partial charge in [0.25, 0.3) is 5.91 Å². The van der Waals surface area contributed by atoms with Gasteiger partial charge in [-0.3, -0.25) is 19.0 Å². The normalized spacial score (nSPS) is 15.6. The summed E-state index contributed by atoms with van der Waals surface area (Å²) in [5.74, 6) is 1.24. The van der Waals surface area contributed by atoms with E-state index in [2.05, 4.69) is 20.8 Å². The van der Waals surface area contributed by atoms with Gasteiger partial charge in [0, 0.05) is 24.1 Å². The molecule has 3 aromatic rings. The predicted molar refractivity (Wildman–Crippen MR) is 128 cm³/mol. The molecule has 1 saturated carbocycles. The fourth-order valence-corrected chi connectivity index (χ4v) is 4.77. The fourth-order valence-electron chi connectivity index (χ4n) is 3.81. The van der Waals surface area contributed by atoms with Crippen LogP contribution in [0, 0.1) is 0 Å². The van der Waals surface area contributed by atoms with Crippen LogP contribution in [0.25, 0.3) is 5.69 Å². The minimum atomic E-state index is -0.452. The Labute approximate surface area is 200 Å². The maximum Gasteiger partial charge on any atom is 0.262 e. The van der Waals surface area contributed by atoms with Crippen molar-refractivity contribution in [3.63, 3.8) is 0 Å². The van der Waals surface area contributed by atoms with Crippen LogP contribution in [0.5, 0.6) is 5.75 Å². The third kappa shape index (κ3) is 4.54. The molecule has 2 aliphatic rings. The van der Waals surface area contributed by atoms with Gasteiger partial charge in [0.2, 0.25) is 5.91 Å². The van der Waals surface area contributed by atoms with E-state index in [1.54, 1.807) is 18.2 Å². The highest BCUT2D eigenvalue weighted by Crippen LogP contribution is 2.42. The van der Waals surface area contributed by atoms with E-state index in [1.807, 2.05) is 35.8 Å². The molecular weight excluding hydrogens is 454 g/mol. The molecule has 9 nitrogen and oxygen atoms in total. The summed E-state index contributed by atoms with van der Waals surface area (Å²) in [5, 5.41) is 14.5. The third-order valence-electron chi connectivity index (χ3n) is 5.57. The Kier molecular flexibility index (Phi) is 5.82. The SMILES string of the molecule is CC(=O)Nc1cccc(-n2c(SC(C)C(=O)c3ccc4c(c3)NC(=O)CO4)nnc2C2CC2)c1. The number of nitrogens with one attached hydrogen (secondary N) is 2. The first-order valence-electron chi connectivity index (χ1n) is 11.0. The molecule has 0 radical (unpaired) electrons. The third-order valence-corrected chi connectivity index (χ3v) is 6.62. The molecule has 1 atom stereocenters. The number of fused-ring (bicyclic) bond motifs is 1. The van der Waals surface area contributed by atoms with Crippen molar-refractivity contribution in [3.05, 3.63) is 53.9 Å². The number of thioether (sulfide) groups is 1. The number of anilines is 2. The minimum absolute atomic E-state index is 0.0331. The maximum atomic E-state index is 13.2. The lowest BCUT2D eigenvalue weighted by molar-refractivity contribution is -0.118. The van der Waals surface area contributed by atoms with Gasteiger partial charge in [0.15, 0.2) is 17.5 Å². The lowest BCUT2D eigenvalue weighted by Crippen LogP contribution is -2.25. The number of hydrogen-bond donors (Lipinski definition) is 2. The largest absolute Gasteiger partial charge is 0.482 e. The molecule has 10 heteroatoms. The molecule has 5 rings (SSSR count). The van der Waals surface area contributed by atoms with Crippen LogP contribution in [0.1, 0.15) is 48.8 Å². The summed E-state index contributed by atoms with van der Waals surface area (Å²) in [4.78, 5) is 36.4. The number of Topliss-reactive ketones (excluding diaryl/α,β-unsaturated/α-hetero) is 1. The van der Waals surface area contributed by atoms with Crippen LogP contribution in [0.2, 0.25) is 0 Å². The van der Waals surface area contributed by atoms with Gasteiger partial charge in [-0.05, 0) is 56.2 Å². The van der Waals surface area contributed by atoms with Gasteiger partial charge in [-0.2, -0.15) is 0 Å². The van der Waals surface area contributed by atoms with Crippen molar-refractivity contribution < 1.29 is 19.1 Å². The predicted octanol–water partition coefficient (Wildman–Crippen LogP) is 3.80. The lowest BCUT2D eigenvalue weighted by Gasteiger charge is -2.19. The first-order chi connectivity index (χ1) is 16.4. The van der Waals surface area contributed by atoms with Crippen molar-refractivity contribution in [3.8, 4) is 11.4 Å². The Morgan fingerprint density at radius 1 is 1.21 bits per heavy atom. The summed E-state index contributed by atoms with van der Waals surface area (Å²) in [5.41, 5.74) is 2.48. The molecule has 2 aromatic carbocycles. The number of carbonyl (C=O) groups excluding carboxylic acids is 3. The molecule has 2 heterocycles. The first kappa shape index (κ1) is 22.1. The van der Waals surface area contributed by atoms with Crippen LogP contribution in [0.4, 0.5) is 11.4 Å². The Morgan fingerprint density at radius 2 is 2.03 bits per heavy atom. The van der Waals surface area contributed by atoms with Gasteiger partial charge in [-0.25, -0.2) is 0 Å². The molecule has 174 valence electrons. The van der Waals surface area contributed by atoms with E-state index in [0.717, 1.165) is 24.4 Å². The summed E-state index contributed by atoms with van der Waals surface area (Å²) in [6, 6.07) is 12.5. The van der Waals surface area contributed by atoms with Gasteiger partial charge >= 0.3 is 0 Å². The number of ether oxygens (including phenoxy) is 1. The number of carbonyl (C=O) groups is 3. The Balaban J connectivity index is 1.42. The highest BCUT2D eigenvalue weighted by atomic mass is 32.2. The molecular formula is C24H23N5O4S. The van der Waals surface area contributed by atoms with Crippen LogP contribution in [-0.4, -0.2) is 44.2 Å². The molecule has 0 saturated heterocycles. The second-order valence-electron chi connectivity index (χ2n) is 8.35. The average Bonchev–Trinajstić information content (AvgIpc) is 3.57. The molecule has 1 unspecified atom stereocenters. The molecule has 2 N–H and O–H groups in total. The number of benzene rings is 2. The highest BCUT2D eigenvalue weighted by molar-refractivity contribution is 8.00. The van der Waals surface area contributed by atoms with Crippen molar-refractivity contribution in [1.82, 2.24) is 14.8 Å². The number of amides is 2. The fraction of sp³-hybridized carbons (Fsp3) is 0.292. The molecule has 0 spiro atoms. The monoisotopic (exact) mass is 477 g/mol. The van der Waals surface area contributed by atoms with E-state index in [4.69, 9.17) is 4.74 Å². The number of aromatic nitrogens is 3. The van der Waals surface area contributed by atoms with Gasteiger partial charge < -0.3 is 15.4 Å². The Morgan fingerprint density at radius 3 is 2.79 bits per heavy atom. The molecule has 34 heavy (non-hydrogen) atoms. The van der Waals surface area contributed by atoms with E-state index in [-0.39, 0.29) is 24.2 Å². The van der Waals surface area contributed by atoms with Crippen molar-refractivity contribution in [2.24, 2.45) is 0 Å². The minimum Gasteiger partial charge on any atom is -0.482 e. The maximum absolute atomic E-state index is 13.2. The van der Waals surface area contributed by atoms with Crippen LogP contribution < -0.4 is 15.4 Å². The van der Waals surface area contributed by atoms with E-state index < -0.39 is 5.25 Å². The van der Waals surface area contributed by atoms with E-state index in [0.29, 0.717) is 33.8 Å². The van der Waals surface area contributed by atoms with Crippen LogP contribution in [0.15, 0.2) is 47.6 Å². The topological polar surface area (TPSA) is 115 Å². The molecule has 0 bridgehead atoms. The van der Waals surface area contributed by atoms with Crippen LogP contribution in [0.3, 0.4) is 0 Å². The van der Waals surface area contributed by atoms with Gasteiger partial charge in [-0.15, -0.1) is 10.2 Å². The molecule has 1 aliphatic heterocycles. The van der Waals surface area contributed by atoms with Crippen molar-refractivity contribution in [2.45, 2.75) is 43.0 Å². The lowest BCUT2D eigenvalue weighted by atomic mass is 10.1. The smallest absolute Gasteiger partial charge is 0.262 e. The number of hydrogen-bond acceptors (Lipinski definition) is 7. The standard InChI is InChI=1S/C24H23N5O4S/c1-13(22(32)16-8-9-20-19(10-16)26-21(31)12-33-20)34-24-28-27-23(15-6-7-15)29(24)18-5-3-4-17(11-18)25-14(2)30/h3-5,8-11,13,15H,6-7,12H2,1-2H3,(H,25,30)(H,26,31). The van der Waals surface area contributed by atoms with E-state index in [9.17, 15) is 14.4 Å². The van der Waals surface area contributed by atoms with Gasteiger partial charge in [0.1, 0.15) is 11.6 Å². The van der Waals surface area contributed by atoms with Crippen molar-refractivity contribution in [1.29, 1.82) is 0 Å². The first-order valence-corrected chi connectivity index (χ1v) is 11.9. The summed E-state index contributed by atoms with van der Waals surface area (Å²) in [6.07, 6.45) is 2.09. The molecule has 1 aliphatic carbocycles. The zero-order valence-electron chi connectivity index (χ0n) is 18.7. The summed E-state index contributed by atoms with van der Waals surface area (Å²) < 4.78 is 7.35. The average molecular weight is 478 g/mol. The number of rotatable bonds is 7. The highest BCUT2D eigenvalue weighted by Gasteiger charge is 2.32. The van der Waals surface area contributed by atoms with Gasteiger partial charge in [0.05, 0.1) is 16.6 Å². The summed E-state index contributed by atoms with van der Waals surface area (Å²) in [7, 11) is 0. The Bertz CT molecular complexity index is 1300. The number of ketones is 1. The van der Waals surface area contributed by atoms with Crippen molar-refractivity contribution in [2.75, 3.05) is 17.2 Å². The Hall–Kier alpha value is -3.66. The zero-order valence-corrected chi connectivity index (χ0v) is 19.5. The number of nitrogens with zero attached hydrogens (tertiary/aromatic N) is 3. The van der Waals surface area contributed by atoms with Crippen LogP contribution in [-0.2, 0) is 9.59 Å². The molecule has 1 fully saturated rings. The second-order valence-corrected chi connectivity index (χ2v) is 9.66. The molecule has 2 amide bonds. The van der Waals surface area contributed by atoms with Crippen LogP contribution >= 0.6 is 11.8 Å². The van der Waals surface area contributed by atoms with E-state index >= 15 is 0 Å². The van der Waals surface area contributed by atoms with Crippen molar-refractivity contribution >= 4 is 40.7 Å². The molecule has 1 aromatic heterocycles. The quantitative estimate of drug-likeness (QED) is 0.393. The van der Waals surface area contributed by atoms with Gasteiger partial charge in [-0.1, -0.05) is 17.8 Å². The summed E-state index contributed by atoms with van der Waals surface area (Å²) in [6.45, 7) is 3.26.